The molecule has 35 heavy (non-hydrogen) atoms. The highest BCUT2D eigenvalue weighted by Gasteiger charge is 2.42. The quantitative estimate of drug-likeness (QED) is 0.472. The summed E-state index contributed by atoms with van der Waals surface area (Å²) in [6, 6.07) is 24.7. The topological polar surface area (TPSA) is 71.8 Å². The third-order valence-corrected chi connectivity index (χ3v) is 7.47. The SMILES string of the molecule is O=C(O)c1c(CN2CCC3(CC2)OCc2ccccc23)n(-c2ccccc2)c(=O)c2ccccc12. The van der Waals surface area contributed by atoms with Gasteiger partial charge < -0.3 is 9.84 Å². The molecule has 1 saturated heterocycles. The van der Waals surface area contributed by atoms with Crippen LogP contribution in [-0.4, -0.2) is 33.6 Å². The zero-order valence-electron chi connectivity index (χ0n) is 19.3. The highest BCUT2D eigenvalue weighted by Crippen LogP contribution is 2.44. The second kappa shape index (κ2) is 8.48. The Morgan fingerprint density at radius 2 is 1.54 bits per heavy atom. The molecule has 6 rings (SSSR count). The van der Waals surface area contributed by atoms with E-state index in [-0.39, 0.29) is 16.7 Å². The van der Waals surface area contributed by atoms with Crippen LogP contribution >= 0.6 is 0 Å². The van der Waals surface area contributed by atoms with Gasteiger partial charge in [0.15, 0.2) is 0 Å². The molecule has 0 unspecified atom stereocenters. The lowest BCUT2D eigenvalue weighted by atomic mass is 9.83. The van der Waals surface area contributed by atoms with E-state index in [1.165, 1.54) is 11.1 Å². The van der Waals surface area contributed by atoms with E-state index < -0.39 is 5.97 Å². The van der Waals surface area contributed by atoms with Gasteiger partial charge >= 0.3 is 5.97 Å². The molecule has 176 valence electrons. The number of carbonyl (C=O) groups is 1. The van der Waals surface area contributed by atoms with Crippen LogP contribution in [0, 0.1) is 0 Å². The minimum Gasteiger partial charge on any atom is -0.478 e. The lowest BCUT2D eigenvalue weighted by Gasteiger charge is -2.39. The van der Waals surface area contributed by atoms with Gasteiger partial charge in [0.1, 0.15) is 0 Å². The van der Waals surface area contributed by atoms with Crippen LogP contribution < -0.4 is 5.56 Å². The molecule has 0 aliphatic carbocycles. The number of nitrogens with zero attached hydrogens (tertiary/aromatic N) is 2. The first-order valence-electron chi connectivity index (χ1n) is 12.0. The van der Waals surface area contributed by atoms with Crippen molar-refractivity contribution in [2.75, 3.05) is 13.1 Å². The number of aromatic carboxylic acids is 1. The molecule has 1 spiro atoms. The average Bonchev–Trinajstić information content (AvgIpc) is 3.24. The predicted molar refractivity (Wildman–Crippen MR) is 134 cm³/mol. The molecule has 3 heterocycles. The smallest absolute Gasteiger partial charge is 0.338 e. The number of benzene rings is 3. The first-order valence-corrected chi connectivity index (χ1v) is 12.0. The fourth-order valence-electron chi connectivity index (χ4n) is 5.72. The minimum absolute atomic E-state index is 0.187. The van der Waals surface area contributed by atoms with Gasteiger partial charge in [-0.2, -0.15) is 0 Å². The van der Waals surface area contributed by atoms with E-state index in [9.17, 15) is 14.7 Å². The number of aromatic nitrogens is 1. The van der Waals surface area contributed by atoms with Crippen molar-refractivity contribution in [3.8, 4) is 5.69 Å². The Kier molecular flexibility index (Phi) is 5.28. The first kappa shape index (κ1) is 21.8. The van der Waals surface area contributed by atoms with E-state index >= 15 is 0 Å². The highest BCUT2D eigenvalue weighted by molar-refractivity contribution is 6.04. The summed E-state index contributed by atoms with van der Waals surface area (Å²) in [4.78, 5) is 28.4. The van der Waals surface area contributed by atoms with Gasteiger partial charge in [0.2, 0.25) is 0 Å². The number of carboxylic acids is 1. The van der Waals surface area contributed by atoms with Crippen molar-refractivity contribution in [1.82, 2.24) is 9.47 Å². The Hall–Kier alpha value is -3.74. The van der Waals surface area contributed by atoms with Crippen LogP contribution in [0.5, 0.6) is 0 Å². The number of carboxylic acid groups (broad SMARTS) is 1. The van der Waals surface area contributed by atoms with E-state index in [1.807, 2.05) is 36.4 Å². The second-order valence-electron chi connectivity index (χ2n) is 9.36. The zero-order chi connectivity index (χ0) is 24.0. The average molecular weight is 467 g/mol. The number of likely N-dealkylation sites (tertiary alicyclic amines) is 1. The van der Waals surface area contributed by atoms with Gasteiger partial charge in [-0.25, -0.2) is 4.79 Å². The van der Waals surface area contributed by atoms with E-state index in [0.29, 0.717) is 35.3 Å². The van der Waals surface area contributed by atoms with E-state index in [2.05, 4.69) is 23.1 Å². The molecule has 0 radical (unpaired) electrons. The van der Waals surface area contributed by atoms with Gasteiger partial charge in [-0.15, -0.1) is 0 Å². The molecule has 2 aliphatic heterocycles. The summed E-state index contributed by atoms with van der Waals surface area (Å²) >= 11 is 0. The minimum atomic E-state index is -1.03. The second-order valence-corrected chi connectivity index (χ2v) is 9.36. The van der Waals surface area contributed by atoms with Crippen molar-refractivity contribution in [1.29, 1.82) is 0 Å². The van der Waals surface area contributed by atoms with Crippen molar-refractivity contribution in [3.05, 3.63) is 112 Å². The number of fused-ring (bicyclic) bond motifs is 3. The summed E-state index contributed by atoms with van der Waals surface area (Å²) in [6.07, 6.45) is 1.66. The lowest BCUT2D eigenvalue weighted by Crippen LogP contribution is -2.43. The molecular formula is C29H26N2O4. The Morgan fingerprint density at radius 1 is 0.886 bits per heavy atom. The molecule has 3 aromatic carbocycles. The molecule has 2 aliphatic rings. The Bertz CT molecular complexity index is 1480. The molecule has 0 bridgehead atoms. The van der Waals surface area contributed by atoms with Crippen LogP contribution in [0.1, 0.15) is 40.0 Å². The fraction of sp³-hybridized carbons (Fsp3) is 0.241. The van der Waals surface area contributed by atoms with Crippen LogP contribution in [0.15, 0.2) is 83.7 Å². The number of piperidine rings is 1. The van der Waals surface area contributed by atoms with E-state index in [1.54, 1.807) is 28.8 Å². The molecule has 4 aromatic rings. The third-order valence-electron chi connectivity index (χ3n) is 7.47. The maximum atomic E-state index is 13.6. The number of ether oxygens (including phenoxy) is 1. The van der Waals surface area contributed by atoms with Crippen molar-refractivity contribution in [2.24, 2.45) is 0 Å². The largest absolute Gasteiger partial charge is 0.478 e. The Labute approximate surface area is 203 Å². The van der Waals surface area contributed by atoms with Gasteiger partial charge in [0, 0.05) is 36.1 Å². The molecule has 6 nitrogen and oxygen atoms in total. The number of para-hydroxylation sites is 1. The standard InChI is InChI=1S/C29H26N2O4/c32-27-23-12-6-5-11-22(23)26(28(33)34)25(31(27)21-9-2-1-3-10-21)18-30-16-14-29(15-17-30)24-13-7-4-8-20(24)19-35-29/h1-13H,14-19H2,(H,33,34). The number of pyridine rings is 1. The van der Waals surface area contributed by atoms with E-state index in [4.69, 9.17) is 4.74 Å². The molecule has 0 amide bonds. The maximum Gasteiger partial charge on any atom is 0.338 e. The number of rotatable bonds is 4. The van der Waals surface area contributed by atoms with Crippen LogP contribution in [0.4, 0.5) is 0 Å². The summed E-state index contributed by atoms with van der Waals surface area (Å²) in [6.45, 7) is 2.51. The first-order chi connectivity index (χ1) is 17.1. The Morgan fingerprint density at radius 3 is 2.29 bits per heavy atom. The summed E-state index contributed by atoms with van der Waals surface area (Å²) in [7, 11) is 0. The van der Waals surface area contributed by atoms with Gasteiger partial charge in [-0.1, -0.05) is 60.7 Å². The van der Waals surface area contributed by atoms with Crippen LogP contribution in [-0.2, 0) is 23.5 Å². The maximum absolute atomic E-state index is 13.6. The Balaban J connectivity index is 1.41. The monoisotopic (exact) mass is 466 g/mol. The molecule has 6 heteroatoms. The molecule has 1 N–H and O–H groups in total. The normalized spacial score (nSPS) is 17.0. The van der Waals surface area contributed by atoms with Gasteiger partial charge in [-0.05, 0) is 42.2 Å². The van der Waals surface area contributed by atoms with Gasteiger partial charge in [-0.3, -0.25) is 14.3 Å². The predicted octanol–water partition coefficient (Wildman–Crippen LogP) is 4.71. The summed E-state index contributed by atoms with van der Waals surface area (Å²) in [5, 5.41) is 11.2. The van der Waals surface area contributed by atoms with Crippen LogP contribution in [0.2, 0.25) is 0 Å². The highest BCUT2D eigenvalue weighted by atomic mass is 16.5. The summed E-state index contributed by atoms with van der Waals surface area (Å²) in [5.41, 5.74) is 3.42. The molecule has 0 saturated carbocycles. The fourth-order valence-corrected chi connectivity index (χ4v) is 5.72. The molecule has 1 aromatic heterocycles. The van der Waals surface area contributed by atoms with Crippen molar-refractivity contribution in [2.45, 2.75) is 31.6 Å². The van der Waals surface area contributed by atoms with Gasteiger partial charge in [0.05, 0.1) is 23.5 Å². The number of hydrogen-bond donors (Lipinski definition) is 1. The lowest BCUT2D eigenvalue weighted by molar-refractivity contribution is -0.0801. The zero-order valence-corrected chi connectivity index (χ0v) is 19.3. The number of hydrogen-bond acceptors (Lipinski definition) is 4. The molecular weight excluding hydrogens is 440 g/mol. The van der Waals surface area contributed by atoms with E-state index in [0.717, 1.165) is 25.9 Å². The van der Waals surface area contributed by atoms with Crippen molar-refractivity contribution >= 4 is 16.7 Å². The third kappa shape index (κ3) is 3.57. The van der Waals surface area contributed by atoms with Crippen LogP contribution in [0.25, 0.3) is 16.5 Å². The van der Waals surface area contributed by atoms with Crippen LogP contribution in [0.3, 0.4) is 0 Å². The molecule has 0 atom stereocenters. The summed E-state index contributed by atoms with van der Waals surface area (Å²) < 4.78 is 7.89. The molecule has 1 fully saturated rings. The van der Waals surface area contributed by atoms with Gasteiger partial charge in [0.25, 0.3) is 5.56 Å². The van der Waals surface area contributed by atoms with Crippen molar-refractivity contribution in [3.63, 3.8) is 0 Å². The summed E-state index contributed by atoms with van der Waals surface area (Å²) in [5.74, 6) is -1.03. The van der Waals surface area contributed by atoms with Crippen molar-refractivity contribution < 1.29 is 14.6 Å².